The Balaban J connectivity index is 1.60. The Labute approximate surface area is 204 Å². The van der Waals surface area contributed by atoms with E-state index < -0.39 is 23.5 Å². The van der Waals surface area contributed by atoms with Gasteiger partial charge < -0.3 is 19.7 Å². The van der Waals surface area contributed by atoms with E-state index in [2.05, 4.69) is 25.0 Å². The summed E-state index contributed by atoms with van der Waals surface area (Å²) in [4.78, 5) is 37.8. The van der Waals surface area contributed by atoms with Gasteiger partial charge in [0.15, 0.2) is 16.6 Å². The normalized spacial score (nSPS) is 11.1. The zero-order valence-electron chi connectivity index (χ0n) is 19.3. The summed E-state index contributed by atoms with van der Waals surface area (Å²) in [5.41, 5.74) is -0.0875. The molecule has 0 fully saturated rings. The lowest BCUT2D eigenvalue weighted by Gasteiger charge is -2.24. The average Bonchev–Trinajstić information content (AvgIpc) is 3.21. The van der Waals surface area contributed by atoms with Crippen LogP contribution in [0.5, 0.6) is 0 Å². The monoisotopic (exact) mass is 505 g/mol. The molecule has 0 saturated carbocycles. The van der Waals surface area contributed by atoms with Gasteiger partial charge in [-0.15, -0.1) is 0 Å². The number of hydrogen-bond donors (Lipinski definition) is 1. The minimum atomic E-state index is -0.835. The number of methoxy groups -OCH3 is 1. The number of rotatable bonds is 7. The number of nitrogens with zero attached hydrogens (tertiary/aromatic N) is 4. The molecule has 180 valence electrons. The van der Waals surface area contributed by atoms with Crippen molar-refractivity contribution in [3.8, 4) is 0 Å². The van der Waals surface area contributed by atoms with Crippen molar-refractivity contribution in [3.05, 3.63) is 53.9 Å². The second-order valence-corrected chi connectivity index (χ2v) is 10.4. The number of aromatic nitrogens is 3. The van der Waals surface area contributed by atoms with Crippen LogP contribution in [0, 0.1) is 5.82 Å². The molecule has 0 radical (unpaired) electrons. The smallest absolute Gasteiger partial charge is 0.410 e. The van der Waals surface area contributed by atoms with Crippen LogP contribution in [-0.4, -0.2) is 51.7 Å². The molecule has 0 saturated heterocycles. The third-order valence-electron chi connectivity index (χ3n) is 4.11. The fraction of sp³-hybridized carbons (Fsp3) is 0.318. The van der Waals surface area contributed by atoms with Crippen LogP contribution in [0.1, 0.15) is 36.8 Å². The highest BCUT2D eigenvalue weighted by molar-refractivity contribution is 8.01. The van der Waals surface area contributed by atoms with Gasteiger partial charge in [0.25, 0.3) is 0 Å². The first-order chi connectivity index (χ1) is 16.1. The van der Waals surface area contributed by atoms with Gasteiger partial charge in [-0.05, 0) is 38.5 Å². The third-order valence-corrected chi connectivity index (χ3v) is 6.16. The Morgan fingerprint density at radius 3 is 2.59 bits per heavy atom. The highest BCUT2D eigenvalue weighted by atomic mass is 32.2. The van der Waals surface area contributed by atoms with Crippen LogP contribution < -0.4 is 5.32 Å². The van der Waals surface area contributed by atoms with Gasteiger partial charge in [0.1, 0.15) is 11.4 Å². The predicted octanol–water partition coefficient (Wildman–Crippen LogP) is 5.12. The molecule has 0 bridgehead atoms. The number of nitrogens with one attached hydrogen (secondary N) is 1. The number of esters is 1. The summed E-state index contributed by atoms with van der Waals surface area (Å²) < 4.78 is 25.2. The number of hydrogen-bond acceptors (Lipinski definition) is 10. The minimum absolute atomic E-state index is 0.238. The highest BCUT2D eigenvalue weighted by Crippen LogP contribution is 2.36. The van der Waals surface area contributed by atoms with Crippen LogP contribution >= 0.6 is 23.1 Å². The SMILES string of the molecule is COC(=O)c1nccc(Sc2cnc(Nc3ccc(CN(C)C(=O)OC(C)(C)C)cn3)s2)c1F. The van der Waals surface area contributed by atoms with Gasteiger partial charge in [0, 0.05) is 19.4 Å². The van der Waals surface area contributed by atoms with E-state index in [9.17, 15) is 14.0 Å². The van der Waals surface area contributed by atoms with Gasteiger partial charge in [0.2, 0.25) is 0 Å². The van der Waals surface area contributed by atoms with Crippen molar-refractivity contribution in [1.82, 2.24) is 19.9 Å². The maximum absolute atomic E-state index is 14.6. The molecule has 3 rings (SSSR count). The Morgan fingerprint density at radius 1 is 1.18 bits per heavy atom. The lowest BCUT2D eigenvalue weighted by atomic mass is 10.2. The van der Waals surface area contributed by atoms with E-state index in [0.717, 1.165) is 17.3 Å². The zero-order valence-corrected chi connectivity index (χ0v) is 20.9. The van der Waals surface area contributed by atoms with Crippen molar-refractivity contribution >= 4 is 46.1 Å². The average molecular weight is 506 g/mol. The quantitative estimate of drug-likeness (QED) is 0.438. The molecule has 12 heteroatoms. The molecule has 0 aliphatic carbocycles. The molecule has 0 unspecified atom stereocenters. The number of pyridine rings is 2. The number of carbonyl (C=O) groups excluding carboxylic acids is 2. The van der Waals surface area contributed by atoms with E-state index in [-0.39, 0.29) is 10.6 Å². The van der Waals surface area contributed by atoms with Crippen molar-refractivity contribution in [1.29, 1.82) is 0 Å². The third kappa shape index (κ3) is 6.87. The summed E-state index contributed by atoms with van der Waals surface area (Å²) in [5.74, 6) is -1.01. The summed E-state index contributed by atoms with van der Waals surface area (Å²) in [5, 5.41) is 3.66. The standard InChI is InChI=1S/C22H24FN5O4S2/c1-22(2,3)32-21(30)28(4)12-13-6-7-15(25-10-13)27-20-26-11-16(34-20)33-14-8-9-24-18(17(14)23)19(29)31-5/h6-11H,12H2,1-5H3,(H,25,26,27). The molecule has 3 aromatic rings. The second-order valence-electron chi connectivity index (χ2n) is 8.06. The topological polar surface area (TPSA) is 107 Å². The maximum Gasteiger partial charge on any atom is 0.410 e. The number of ether oxygens (including phenoxy) is 2. The first kappa shape index (κ1) is 25.4. The maximum atomic E-state index is 14.6. The number of thiazole rings is 1. The number of carbonyl (C=O) groups is 2. The zero-order chi connectivity index (χ0) is 24.9. The van der Waals surface area contributed by atoms with E-state index in [1.54, 1.807) is 25.5 Å². The van der Waals surface area contributed by atoms with Crippen LogP contribution in [-0.2, 0) is 16.0 Å². The van der Waals surface area contributed by atoms with Gasteiger partial charge in [0.05, 0.1) is 29.0 Å². The van der Waals surface area contributed by atoms with Crippen LogP contribution in [0.4, 0.5) is 20.1 Å². The van der Waals surface area contributed by atoms with Gasteiger partial charge in [-0.25, -0.2) is 28.9 Å². The Morgan fingerprint density at radius 2 is 1.94 bits per heavy atom. The Kier molecular flexibility index (Phi) is 8.05. The predicted molar refractivity (Wildman–Crippen MR) is 127 cm³/mol. The van der Waals surface area contributed by atoms with E-state index >= 15 is 0 Å². The fourth-order valence-electron chi connectivity index (χ4n) is 2.60. The van der Waals surface area contributed by atoms with Crippen LogP contribution in [0.25, 0.3) is 0 Å². The number of anilines is 2. The summed E-state index contributed by atoms with van der Waals surface area (Å²) in [7, 11) is 2.83. The van der Waals surface area contributed by atoms with E-state index in [0.29, 0.717) is 21.7 Å². The van der Waals surface area contributed by atoms with Gasteiger partial charge in [-0.3, -0.25) is 0 Å². The highest BCUT2D eigenvalue weighted by Gasteiger charge is 2.20. The molecule has 0 aliphatic rings. The molecule has 0 aliphatic heterocycles. The Hall–Kier alpha value is -3.25. The van der Waals surface area contributed by atoms with Crippen molar-refractivity contribution in [2.24, 2.45) is 0 Å². The fourth-order valence-corrected chi connectivity index (χ4v) is 4.46. The van der Waals surface area contributed by atoms with Crippen molar-refractivity contribution in [3.63, 3.8) is 0 Å². The molecule has 3 heterocycles. The lowest BCUT2D eigenvalue weighted by molar-refractivity contribution is 0.0284. The molecule has 9 nitrogen and oxygen atoms in total. The molecule has 0 aromatic carbocycles. The van der Waals surface area contributed by atoms with Gasteiger partial charge in [-0.1, -0.05) is 29.2 Å². The minimum Gasteiger partial charge on any atom is -0.464 e. The Bertz CT molecular complexity index is 1160. The van der Waals surface area contributed by atoms with Crippen molar-refractivity contribution in [2.45, 2.75) is 42.0 Å². The van der Waals surface area contributed by atoms with Crippen molar-refractivity contribution in [2.75, 3.05) is 19.5 Å². The summed E-state index contributed by atoms with van der Waals surface area (Å²) >= 11 is 2.43. The molecule has 0 spiro atoms. The van der Waals surface area contributed by atoms with Crippen molar-refractivity contribution < 1.29 is 23.5 Å². The molecule has 3 aromatic heterocycles. The first-order valence-electron chi connectivity index (χ1n) is 10.1. The van der Waals surface area contributed by atoms with Crippen LogP contribution in [0.2, 0.25) is 0 Å². The first-order valence-corrected chi connectivity index (χ1v) is 11.7. The summed E-state index contributed by atoms with van der Waals surface area (Å²) in [6, 6.07) is 5.10. The molecule has 0 atom stereocenters. The van der Waals surface area contributed by atoms with Gasteiger partial charge >= 0.3 is 12.1 Å². The van der Waals surface area contributed by atoms with Crippen LogP contribution in [0.3, 0.4) is 0 Å². The number of halogens is 1. The van der Waals surface area contributed by atoms with E-state index in [1.807, 2.05) is 26.8 Å². The molecular weight excluding hydrogens is 481 g/mol. The molecule has 1 amide bonds. The molecular formula is C22H24FN5O4S2. The molecule has 34 heavy (non-hydrogen) atoms. The number of amides is 1. The second kappa shape index (κ2) is 10.8. The van der Waals surface area contributed by atoms with Gasteiger partial charge in [-0.2, -0.15) is 0 Å². The van der Waals surface area contributed by atoms with E-state index in [1.165, 1.54) is 35.6 Å². The lowest BCUT2D eigenvalue weighted by Crippen LogP contribution is -2.33. The molecule has 1 N–H and O–H groups in total. The summed E-state index contributed by atoms with van der Waals surface area (Å²) in [6.45, 7) is 5.80. The largest absolute Gasteiger partial charge is 0.464 e. The summed E-state index contributed by atoms with van der Waals surface area (Å²) in [6.07, 6.45) is 4.20. The van der Waals surface area contributed by atoms with Crippen LogP contribution in [0.15, 0.2) is 45.9 Å². The van der Waals surface area contributed by atoms with E-state index in [4.69, 9.17) is 4.74 Å².